The molecule has 0 aromatic heterocycles. The third-order valence-corrected chi connectivity index (χ3v) is 3.01. The first-order valence-electron chi connectivity index (χ1n) is 4.25. The van der Waals surface area contributed by atoms with Gasteiger partial charge in [0.05, 0.1) is 0 Å². The van der Waals surface area contributed by atoms with Crippen molar-refractivity contribution in [3.63, 3.8) is 0 Å². The Morgan fingerprint density at radius 2 is 1.92 bits per heavy atom. The van der Waals surface area contributed by atoms with E-state index in [-0.39, 0.29) is 0 Å². The van der Waals surface area contributed by atoms with Crippen LogP contribution in [0, 0.1) is 0 Å². The first kappa shape index (κ1) is 10.3. The van der Waals surface area contributed by atoms with Gasteiger partial charge in [0.2, 0.25) is 0 Å². The SMILES string of the molecule is CN(C)C1CCN(C(=S)S)CC1. The monoisotopic (exact) mass is 204 g/mol. The third kappa shape index (κ3) is 2.61. The summed E-state index contributed by atoms with van der Waals surface area (Å²) >= 11 is 9.16. The second-order valence-electron chi connectivity index (χ2n) is 3.46. The van der Waals surface area contributed by atoms with Gasteiger partial charge in [-0.3, -0.25) is 0 Å². The van der Waals surface area contributed by atoms with Crippen molar-refractivity contribution in [2.45, 2.75) is 18.9 Å². The van der Waals surface area contributed by atoms with Crippen molar-refractivity contribution in [2.24, 2.45) is 0 Å². The van der Waals surface area contributed by atoms with Crippen LogP contribution in [-0.2, 0) is 0 Å². The molecular formula is C8H16N2S2. The summed E-state index contributed by atoms with van der Waals surface area (Å²) in [5.74, 6) is 0. The van der Waals surface area contributed by atoms with Crippen LogP contribution in [-0.4, -0.2) is 47.3 Å². The molecule has 12 heavy (non-hydrogen) atoms. The molecule has 70 valence electrons. The zero-order valence-corrected chi connectivity index (χ0v) is 9.37. The minimum atomic E-state index is 0.726. The van der Waals surface area contributed by atoms with Crippen LogP contribution in [0.5, 0.6) is 0 Å². The van der Waals surface area contributed by atoms with E-state index in [1.807, 2.05) is 0 Å². The van der Waals surface area contributed by atoms with Crippen molar-refractivity contribution in [3.8, 4) is 0 Å². The first-order chi connectivity index (χ1) is 5.61. The number of hydrogen-bond acceptors (Lipinski definition) is 2. The Bertz CT molecular complexity index is 162. The fraction of sp³-hybridized carbons (Fsp3) is 0.875. The number of thiocarbonyl (C=S) groups is 1. The predicted octanol–water partition coefficient (Wildman–Crippen LogP) is 1.23. The van der Waals surface area contributed by atoms with Gasteiger partial charge in [0.1, 0.15) is 4.32 Å². The number of nitrogens with zero attached hydrogens (tertiary/aromatic N) is 2. The standard InChI is InChI=1S/C8H16N2S2/c1-9(2)7-3-5-10(6-4-7)8(11)12/h7H,3-6H2,1-2H3,(H,11,12). The quantitative estimate of drug-likeness (QED) is 0.507. The maximum absolute atomic E-state index is 5.00. The zero-order valence-electron chi connectivity index (χ0n) is 7.66. The minimum absolute atomic E-state index is 0.726. The molecular weight excluding hydrogens is 188 g/mol. The fourth-order valence-corrected chi connectivity index (χ4v) is 1.96. The van der Waals surface area contributed by atoms with E-state index in [1.54, 1.807) is 0 Å². The van der Waals surface area contributed by atoms with Crippen molar-refractivity contribution >= 4 is 29.2 Å². The minimum Gasteiger partial charge on any atom is -0.358 e. The lowest BCUT2D eigenvalue weighted by molar-refractivity contribution is 0.194. The van der Waals surface area contributed by atoms with E-state index in [4.69, 9.17) is 12.2 Å². The molecule has 0 unspecified atom stereocenters. The topological polar surface area (TPSA) is 6.48 Å². The number of hydrogen-bond donors (Lipinski definition) is 1. The highest BCUT2D eigenvalue weighted by molar-refractivity contribution is 8.10. The average molecular weight is 204 g/mol. The molecule has 1 heterocycles. The molecule has 0 radical (unpaired) electrons. The van der Waals surface area contributed by atoms with Crippen molar-refractivity contribution in [3.05, 3.63) is 0 Å². The molecule has 4 heteroatoms. The van der Waals surface area contributed by atoms with Gasteiger partial charge in [0.25, 0.3) is 0 Å². The van der Waals surface area contributed by atoms with Gasteiger partial charge in [-0.15, -0.1) is 12.6 Å². The number of likely N-dealkylation sites (tertiary alicyclic amines) is 1. The highest BCUT2D eigenvalue weighted by atomic mass is 32.1. The van der Waals surface area contributed by atoms with Gasteiger partial charge in [0.15, 0.2) is 0 Å². The lowest BCUT2D eigenvalue weighted by Crippen LogP contribution is -2.42. The van der Waals surface area contributed by atoms with Crippen LogP contribution < -0.4 is 0 Å². The lowest BCUT2D eigenvalue weighted by atomic mass is 10.1. The Hall–Kier alpha value is 0.200. The van der Waals surface area contributed by atoms with Gasteiger partial charge < -0.3 is 9.80 Å². The molecule has 1 aliphatic rings. The van der Waals surface area contributed by atoms with Crippen molar-refractivity contribution in [1.82, 2.24) is 9.80 Å². The van der Waals surface area contributed by atoms with Gasteiger partial charge in [0, 0.05) is 19.1 Å². The largest absolute Gasteiger partial charge is 0.358 e. The summed E-state index contributed by atoms with van der Waals surface area (Å²) in [4.78, 5) is 4.46. The molecule has 1 aliphatic heterocycles. The van der Waals surface area contributed by atoms with Crippen LogP contribution in [0.4, 0.5) is 0 Å². The van der Waals surface area contributed by atoms with E-state index in [2.05, 4.69) is 36.5 Å². The zero-order chi connectivity index (χ0) is 9.14. The molecule has 0 aromatic rings. The van der Waals surface area contributed by atoms with Crippen molar-refractivity contribution in [1.29, 1.82) is 0 Å². The van der Waals surface area contributed by atoms with Gasteiger partial charge in [-0.25, -0.2) is 0 Å². The molecule has 0 aromatic carbocycles. The van der Waals surface area contributed by atoms with E-state index in [0.717, 1.165) is 23.5 Å². The van der Waals surface area contributed by atoms with E-state index in [0.29, 0.717) is 0 Å². The fourth-order valence-electron chi connectivity index (χ4n) is 1.57. The number of thiol groups is 1. The summed E-state index contributed by atoms with van der Waals surface area (Å²) in [6, 6.07) is 0.726. The van der Waals surface area contributed by atoms with E-state index >= 15 is 0 Å². The molecule has 0 aliphatic carbocycles. The Balaban J connectivity index is 2.34. The van der Waals surface area contributed by atoms with E-state index < -0.39 is 0 Å². The maximum Gasteiger partial charge on any atom is 0.133 e. The Kier molecular flexibility index (Phi) is 3.80. The third-order valence-electron chi connectivity index (χ3n) is 2.47. The summed E-state index contributed by atoms with van der Waals surface area (Å²) in [5, 5.41) is 0. The summed E-state index contributed by atoms with van der Waals surface area (Å²) in [6.07, 6.45) is 2.40. The summed E-state index contributed by atoms with van der Waals surface area (Å²) in [6.45, 7) is 2.12. The van der Waals surface area contributed by atoms with Gasteiger partial charge in [-0.1, -0.05) is 12.2 Å². The Morgan fingerprint density at radius 1 is 1.42 bits per heavy atom. The van der Waals surface area contributed by atoms with Gasteiger partial charge in [-0.05, 0) is 26.9 Å². The molecule has 0 spiro atoms. The van der Waals surface area contributed by atoms with Crippen molar-refractivity contribution < 1.29 is 0 Å². The lowest BCUT2D eigenvalue weighted by Gasteiger charge is -2.35. The number of piperidine rings is 1. The van der Waals surface area contributed by atoms with Crippen LogP contribution in [0.3, 0.4) is 0 Å². The molecule has 0 bridgehead atoms. The normalized spacial score (nSPS) is 20.2. The molecule has 1 fully saturated rings. The second-order valence-corrected chi connectivity index (χ2v) is 4.58. The number of rotatable bonds is 1. The summed E-state index contributed by atoms with van der Waals surface area (Å²) < 4.78 is 0.743. The average Bonchev–Trinajstić information content (AvgIpc) is 2.04. The maximum atomic E-state index is 5.00. The van der Waals surface area contributed by atoms with Crippen LogP contribution in [0.2, 0.25) is 0 Å². The molecule has 0 atom stereocenters. The summed E-state index contributed by atoms with van der Waals surface area (Å²) in [7, 11) is 4.28. The van der Waals surface area contributed by atoms with Gasteiger partial charge in [-0.2, -0.15) is 0 Å². The Morgan fingerprint density at radius 3 is 2.25 bits per heavy atom. The molecule has 0 saturated carbocycles. The van der Waals surface area contributed by atoms with Gasteiger partial charge >= 0.3 is 0 Å². The highest BCUT2D eigenvalue weighted by Gasteiger charge is 2.20. The second kappa shape index (κ2) is 4.44. The first-order valence-corrected chi connectivity index (χ1v) is 5.11. The summed E-state index contributed by atoms with van der Waals surface area (Å²) in [5.41, 5.74) is 0. The molecule has 0 N–H and O–H groups in total. The van der Waals surface area contributed by atoms with Crippen LogP contribution in [0.25, 0.3) is 0 Å². The van der Waals surface area contributed by atoms with Crippen LogP contribution in [0.1, 0.15) is 12.8 Å². The molecule has 2 nitrogen and oxygen atoms in total. The molecule has 1 rings (SSSR count). The Labute approximate surface area is 85.3 Å². The van der Waals surface area contributed by atoms with Crippen LogP contribution in [0.15, 0.2) is 0 Å². The van der Waals surface area contributed by atoms with E-state index in [9.17, 15) is 0 Å². The van der Waals surface area contributed by atoms with Crippen molar-refractivity contribution in [2.75, 3.05) is 27.2 Å². The van der Waals surface area contributed by atoms with E-state index in [1.165, 1.54) is 12.8 Å². The van der Waals surface area contributed by atoms with Crippen LogP contribution >= 0.6 is 24.8 Å². The molecule has 1 saturated heterocycles. The highest BCUT2D eigenvalue weighted by Crippen LogP contribution is 2.15. The predicted molar refractivity (Wildman–Crippen MR) is 59.9 cm³/mol. The molecule has 0 amide bonds. The smallest absolute Gasteiger partial charge is 0.133 e.